The van der Waals surface area contributed by atoms with Gasteiger partial charge < -0.3 is 4.74 Å². The molecule has 0 amide bonds. The summed E-state index contributed by atoms with van der Waals surface area (Å²) in [5.74, 6) is -0.265. The van der Waals surface area contributed by atoms with Gasteiger partial charge in [0.25, 0.3) is 0 Å². The smallest absolute Gasteiger partial charge is 0.338 e. The minimum atomic E-state index is -0.265. The zero-order valence-corrected chi connectivity index (χ0v) is 9.57. The molecule has 0 aliphatic heterocycles. The Morgan fingerprint density at radius 2 is 1.82 bits per heavy atom. The molecule has 0 atom stereocenters. The molecule has 1 aliphatic carbocycles. The maximum Gasteiger partial charge on any atom is 0.338 e. The van der Waals surface area contributed by atoms with E-state index in [2.05, 4.69) is 18.2 Å². The fourth-order valence-electron chi connectivity index (χ4n) is 2.47. The van der Waals surface area contributed by atoms with E-state index < -0.39 is 0 Å². The number of fused-ring (bicyclic) bond motifs is 3. The number of rotatable bonds is 1. The highest BCUT2D eigenvalue weighted by molar-refractivity contribution is 6.00. The van der Waals surface area contributed by atoms with Gasteiger partial charge in [-0.3, -0.25) is 0 Å². The van der Waals surface area contributed by atoms with Gasteiger partial charge in [-0.15, -0.1) is 0 Å². The Kier molecular flexibility index (Phi) is 2.22. The lowest BCUT2D eigenvalue weighted by Gasteiger charge is -2.07. The van der Waals surface area contributed by atoms with Crippen LogP contribution in [0.4, 0.5) is 0 Å². The Hall–Kier alpha value is -2.09. The molecule has 2 nitrogen and oxygen atoms in total. The maximum absolute atomic E-state index is 11.8. The van der Waals surface area contributed by atoms with Crippen LogP contribution < -0.4 is 0 Å². The third-order valence-electron chi connectivity index (χ3n) is 3.22. The van der Waals surface area contributed by atoms with Gasteiger partial charge in [0.15, 0.2) is 0 Å². The molecule has 0 saturated heterocycles. The number of ether oxygens (including phenoxy) is 1. The molecule has 2 aromatic rings. The molecular weight excluding hydrogens is 212 g/mol. The Bertz CT molecular complexity index is 600. The van der Waals surface area contributed by atoms with Crippen LogP contribution >= 0.6 is 0 Å². The number of hydrogen-bond acceptors (Lipinski definition) is 2. The van der Waals surface area contributed by atoms with E-state index in [1.165, 1.54) is 18.2 Å². The highest BCUT2D eigenvalue weighted by Crippen LogP contribution is 2.38. The van der Waals surface area contributed by atoms with E-state index in [4.69, 9.17) is 4.74 Å². The van der Waals surface area contributed by atoms with Crippen LogP contribution in [0.5, 0.6) is 0 Å². The van der Waals surface area contributed by atoms with E-state index in [9.17, 15) is 4.79 Å². The van der Waals surface area contributed by atoms with E-state index in [1.54, 1.807) is 0 Å². The van der Waals surface area contributed by atoms with Gasteiger partial charge in [0.05, 0.1) is 12.7 Å². The summed E-state index contributed by atoms with van der Waals surface area (Å²) in [6.07, 6.45) is 0.899. The predicted molar refractivity (Wildman–Crippen MR) is 66.0 cm³/mol. The number of carbonyl (C=O) groups excluding carboxylic acids is 1. The third-order valence-corrected chi connectivity index (χ3v) is 3.22. The molecule has 0 bridgehead atoms. The summed E-state index contributed by atoms with van der Waals surface area (Å²) in [6.45, 7) is 0. The van der Waals surface area contributed by atoms with Crippen molar-refractivity contribution in [2.75, 3.05) is 7.11 Å². The highest BCUT2D eigenvalue weighted by Gasteiger charge is 2.23. The number of benzene rings is 2. The van der Waals surface area contributed by atoms with Crippen molar-refractivity contribution in [3.05, 3.63) is 59.2 Å². The summed E-state index contributed by atoms with van der Waals surface area (Å²) >= 11 is 0. The Balaban J connectivity index is 2.26. The first-order valence-electron chi connectivity index (χ1n) is 5.59. The molecule has 0 aromatic heterocycles. The van der Waals surface area contributed by atoms with E-state index in [1.807, 2.05) is 24.3 Å². The normalized spacial score (nSPS) is 11.8. The number of methoxy groups -OCH3 is 1. The minimum Gasteiger partial charge on any atom is -0.465 e. The first kappa shape index (κ1) is 10.1. The predicted octanol–water partition coefficient (Wildman–Crippen LogP) is 3.04. The summed E-state index contributed by atoms with van der Waals surface area (Å²) in [5.41, 5.74) is 5.33. The second-order valence-corrected chi connectivity index (χ2v) is 4.17. The maximum atomic E-state index is 11.8. The lowest BCUT2D eigenvalue weighted by molar-refractivity contribution is 0.0601. The van der Waals surface area contributed by atoms with Crippen LogP contribution in [0, 0.1) is 0 Å². The van der Waals surface area contributed by atoms with Crippen LogP contribution in [0.15, 0.2) is 42.5 Å². The average Bonchev–Trinajstić information content (AvgIpc) is 2.76. The van der Waals surface area contributed by atoms with Gasteiger partial charge in [-0.05, 0) is 34.7 Å². The molecule has 0 fully saturated rings. The molecular formula is C15H12O2. The topological polar surface area (TPSA) is 26.3 Å². The van der Waals surface area contributed by atoms with Crippen molar-refractivity contribution < 1.29 is 9.53 Å². The second-order valence-electron chi connectivity index (χ2n) is 4.17. The molecule has 0 unspecified atom stereocenters. The number of esters is 1. The van der Waals surface area contributed by atoms with Crippen molar-refractivity contribution in [3.63, 3.8) is 0 Å². The number of carbonyl (C=O) groups is 1. The quantitative estimate of drug-likeness (QED) is 0.594. The average molecular weight is 224 g/mol. The van der Waals surface area contributed by atoms with E-state index in [0.29, 0.717) is 5.56 Å². The molecule has 0 radical (unpaired) electrons. The van der Waals surface area contributed by atoms with Crippen LogP contribution in [-0.2, 0) is 11.2 Å². The van der Waals surface area contributed by atoms with Crippen LogP contribution in [0.1, 0.15) is 21.5 Å². The molecule has 3 rings (SSSR count). The standard InChI is InChI=1S/C15H12O2/c1-17-15(16)13-8-4-6-11-9-10-5-2-3-7-12(10)14(11)13/h2-8H,9H2,1H3. The van der Waals surface area contributed by atoms with Gasteiger partial charge in [-0.2, -0.15) is 0 Å². The lowest BCUT2D eigenvalue weighted by atomic mass is 10.00. The third kappa shape index (κ3) is 1.45. The summed E-state index contributed by atoms with van der Waals surface area (Å²) in [4.78, 5) is 11.8. The van der Waals surface area contributed by atoms with Crippen molar-refractivity contribution in [3.8, 4) is 11.1 Å². The molecule has 1 aliphatic rings. The SMILES string of the molecule is COC(=O)c1cccc2c1-c1ccccc1C2. The van der Waals surface area contributed by atoms with Crippen LogP contribution in [0.3, 0.4) is 0 Å². The Labute approximate surface area is 99.9 Å². The van der Waals surface area contributed by atoms with Gasteiger partial charge >= 0.3 is 5.97 Å². The summed E-state index contributed by atoms with van der Waals surface area (Å²) in [5, 5.41) is 0. The molecule has 2 heteroatoms. The molecule has 17 heavy (non-hydrogen) atoms. The number of hydrogen-bond donors (Lipinski definition) is 0. The van der Waals surface area contributed by atoms with E-state index >= 15 is 0 Å². The molecule has 2 aromatic carbocycles. The van der Waals surface area contributed by atoms with Gasteiger partial charge in [0.2, 0.25) is 0 Å². The summed E-state index contributed by atoms with van der Waals surface area (Å²) < 4.78 is 4.84. The molecule has 0 saturated carbocycles. The lowest BCUT2D eigenvalue weighted by Crippen LogP contribution is -2.03. The molecule has 84 valence electrons. The zero-order chi connectivity index (χ0) is 11.8. The fourth-order valence-corrected chi connectivity index (χ4v) is 2.47. The highest BCUT2D eigenvalue weighted by atomic mass is 16.5. The zero-order valence-electron chi connectivity index (χ0n) is 9.57. The summed E-state index contributed by atoms with van der Waals surface area (Å²) in [7, 11) is 1.42. The van der Waals surface area contributed by atoms with Crippen LogP contribution in [0.2, 0.25) is 0 Å². The van der Waals surface area contributed by atoms with Crippen LogP contribution in [-0.4, -0.2) is 13.1 Å². The van der Waals surface area contributed by atoms with Crippen molar-refractivity contribution in [2.24, 2.45) is 0 Å². The van der Waals surface area contributed by atoms with Crippen molar-refractivity contribution >= 4 is 5.97 Å². The minimum absolute atomic E-state index is 0.265. The van der Waals surface area contributed by atoms with Crippen molar-refractivity contribution in [2.45, 2.75) is 6.42 Å². The van der Waals surface area contributed by atoms with E-state index in [-0.39, 0.29) is 5.97 Å². The molecule has 0 N–H and O–H groups in total. The van der Waals surface area contributed by atoms with Gasteiger partial charge in [0, 0.05) is 0 Å². The van der Waals surface area contributed by atoms with Gasteiger partial charge in [-0.25, -0.2) is 4.79 Å². The van der Waals surface area contributed by atoms with Gasteiger partial charge in [-0.1, -0.05) is 36.4 Å². The van der Waals surface area contributed by atoms with Gasteiger partial charge in [0.1, 0.15) is 0 Å². The van der Waals surface area contributed by atoms with Crippen molar-refractivity contribution in [1.82, 2.24) is 0 Å². The largest absolute Gasteiger partial charge is 0.465 e. The van der Waals surface area contributed by atoms with E-state index in [0.717, 1.165) is 17.5 Å². The fraction of sp³-hybridized carbons (Fsp3) is 0.133. The molecule has 0 spiro atoms. The molecule has 0 heterocycles. The van der Waals surface area contributed by atoms with Crippen LogP contribution in [0.25, 0.3) is 11.1 Å². The Morgan fingerprint density at radius 1 is 1.06 bits per heavy atom. The Morgan fingerprint density at radius 3 is 2.65 bits per heavy atom. The first-order valence-corrected chi connectivity index (χ1v) is 5.59. The monoisotopic (exact) mass is 224 g/mol. The summed E-state index contributed by atoms with van der Waals surface area (Å²) in [6, 6.07) is 14.0. The first-order chi connectivity index (χ1) is 8.31. The second kappa shape index (κ2) is 3.74. The van der Waals surface area contributed by atoms with Crippen molar-refractivity contribution in [1.29, 1.82) is 0 Å².